The van der Waals surface area contributed by atoms with Gasteiger partial charge in [-0.15, -0.1) is 0 Å². The highest BCUT2D eigenvalue weighted by Crippen LogP contribution is 2.15. The van der Waals surface area contributed by atoms with Gasteiger partial charge >= 0.3 is 0 Å². The molecule has 0 unspecified atom stereocenters. The summed E-state index contributed by atoms with van der Waals surface area (Å²) in [5.74, 6) is 0.0624. The van der Waals surface area contributed by atoms with Crippen molar-refractivity contribution in [1.82, 2.24) is 5.32 Å². The minimum Gasteiger partial charge on any atom is -0.381 e. The van der Waals surface area contributed by atoms with Gasteiger partial charge in [-0.2, -0.15) is 0 Å². The van der Waals surface area contributed by atoms with E-state index in [2.05, 4.69) is 38.7 Å². The summed E-state index contributed by atoms with van der Waals surface area (Å²) in [5, 5.41) is 6.17. The van der Waals surface area contributed by atoms with Crippen LogP contribution in [0, 0.1) is 0 Å². The molecule has 0 bridgehead atoms. The number of likely N-dealkylation sites (N-methyl/N-ethyl adjacent to an activating group) is 1. The fourth-order valence-corrected chi connectivity index (χ4v) is 2.48. The van der Waals surface area contributed by atoms with Gasteiger partial charge in [0, 0.05) is 23.2 Å². The molecule has 0 aliphatic rings. The molecule has 0 spiro atoms. The number of amides is 1. The number of benzene rings is 2. The second-order valence-corrected chi connectivity index (χ2v) is 5.73. The van der Waals surface area contributed by atoms with Gasteiger partial charge in [-0.3, -0.25) is 4.79 Å². The third kappa shape index (κ3) is 5.23. The molecule has 3 nitrogen and oxygen atoms in total. The van der Waals surface area contributed by atoms with Crippen molar-refractivity contribution in [2.45, 2.75) is 19.9 Å². The summed E-state index contributed by atoms with van der Waals surface area (Å²) < 4.78 is 1.08. The van der Waals surface area contributed by atoms with Crippen LogP contribution in [-0.2, 0) is 17.8 Å². The number of nitrogens with one attached hydrogen (secondary N) is 2. The molecule has 0 fully saturated rings. The first-order valence-electron chi connectivity index (χ1n) is 7.01. The maximum Gasteiger partial charge on any atom is 0.224 e. The van der Waals surface area contributed by atoms with Gasteiger partial charge in [0.05, 0.1) is 6.42 Å². The fraction of sp³-hybridized carbons (Fsp3) is 0.235. The van der Waals surface area contributed by atoms with Gasteiger partial charge < -0.3 is 10.6 Å². The molecular weight excluding hydrogens is 328 g/mol. The molecule has 0 atom stereocenters. The highest BCUT2D eigenvalue weighted by molar-refractivity contribution is 9.10. The van der Waals surface area contributed by atoms with Gasteiger partial charge in [-0.25, -0.2) is 0 Å². The Balaban J connectivity index is 1.89. The average molecular weight is 347 g/mol. The molecule has 0 aromatic heterocycles. The first-order valence-corrected chi connectivity index (χ1v) is 7.80. The van der Waals surface area contributed by atoms with Crippen LogP contribution in [-0.4, -0.2) is 12.5 Å². The highest BCUT2D eigenvalue weighted by atomic mass is 79.9. The van der Waals surface area contributed by atoms with Crippen LogP contribution in [0.4, 0.5) is 5.69 Å². The monoisotopic (exact) mass is 346 g/mol. The molecule has 0 saturated carbocycles. The van der Waals surface area contributed by atoms with E-state index in [0.717, 1.165) is 22.3 Å². The first kappa shape index (κ1) is 15.6. The van der Waals surface area contributed by atoms with Crippen LogP contribution in [0.5, 0.6) is 0 Å². The van der Waals surface area contributed by atoms with Crippen molar-refractivity contribution in [3.05, 3.63) is 64.1 Å². The average Bonchev–Trinajstić information content (AvgIpc) is 2.47. The van der Waals surface area contributed by atoms with Crippen LogP contribution in [0.2, 0.25) is 0 Å². The largest absolute Gasteiger partial charge is 0.381 e. The highest BCUT2D eigenvalue weighted by Gasteiger charge is 2.02. The van der Waals surface area contributed by atoms with E-state index in [0.29, 0.717) is 13.0 Å². The predicted molar refractivity (Wildman–Crippen MR) is 90.3 cm³/mol. The molecule has 0 heterocycles. The number of anilines is 1. The SMILES string of the molecule is CCNC(=O)Cc1ccc(NCc2cccc(Br)c2)cc1. The third-order valence-electron chi connectivity index (χ3n) is 3.08. The molecule has 0 aliphatic heterocycles. The zero-order chi connectivity index (χ0) is 15.1. The Labute approximate surface area is 133 Å². The minimum atomic E-state index is 0.0624. The van der Waals surface area contributed by atoms with Crippen molar-refractivity contribution in [1.29, 1.82) is 0 Å². The van der Waals surface area contributed by atoms with E-state index in [1.165, 1.54) is 5.56 Å². The van der Waals surface area contributed by atoms with Gasteiger partial charge in [0.25, 0.3) is 0 Å². The first-order chi connectivity index (χ1) is 10.2. The second-order valence-electron chi connectivity index (χ2n) is 4.81. The number of hydrogen-bond acceptors (Lipinski definition) is 2. The summed E-state index contributed by atoms with van der Waals surface area (Å²) in [4.78, 5) is 11.5. The summed E-state index contributed by atoms with van der Waals surface area (Å²) in [6, 6.07) is 16.2. The second kappa shape index (κ2) is 7.84. The smallest absolute Gasteiger partial charge is 0.224 e. The van der Waals surface area contributed by atoms with E-state index in [9.17, 15) is 4.79 Å². The quantitative estimate of drug-likeness (QED) is 0.836. The molecule has 2 aromatic rings. The van der Waals surface area contributed by atoms with E-state index >= 15 is 0 Å². The Morgan fingerprint density at radius 2 is 1.86 bits per heavy atom. The Bertz CT molecular complexity index is 596. The Morgan fingerprint density at radius 1 is 1.10 bits per heavy atom. The summed E-state index contributed by atoms with van der Waals surface area (Å²) in [5.41, 5.74) is 3.29. The fourth-order valence-electron chi connectivity index (χ4n) is 2.04. The lowest BCUT2D eigenvalue weighted by Crippen LogP contribution is -2.24. The summed E-state index contributed by atoms with van der Waals surface area (Å²) >= 11 is 3.47. The lowest BCUT2D eigenvalue weighted by atomic mass is 10.1. The molecule has 2 rings (SSSR count). The normalized spacial score (nSPS) is 10.2. The Morgan fingerprint density at radius 3 is 2.52 bits per heavy atom. The van der Waals surface area contributed by atoms with Crippen molar-refractivity contribution in [2.24, 2.45) is 0 Å². The molecule has 0 radical (unpaired) electrons. The zero-order valence-electron chi connectivity index (χ0n) is 12.0. The molecule has 0 aliphatic carbocycles. The number of carbonyl (C=O) groups is 1. The van der Waals surface area contributed by atoms with Gasteiger partial charge in [-0.1, -0.05) is 40.2 Å². The van der Waals surface area contributed by atoms with Crippen LogP contribution in [0.15, 0.2) is 53.0 Å². The molecule has 2 N–H and O–H groups in total. The maximum atomic E-state index is 11.5. The zero-order valence-corrected chi connectivity index (χ0v) is 13.6. The van der Waals surface area contributed by atoms with Crippen molar-refractivity contribution in [3.63, 3.8) is 0 Å². The van der Waals surface area contributed by atoms with Crippen molar-refractivity contribution in [2.75, 3.05) is 11.9 Å². The van der Waals surface area contributed by atoms with Crippen LogP contribution in [0.25, 0.3) is 0 Å². The number of halogens is 1. The van der Waals surface area contributed by atoms with Crippen molar-refractivity contribution < 1.29 is 4.79 Å². The molecule has 0 saturated heterocycles. The molecule has 2 aromatic carbocycles. The molecule has 110 valence electrons. The van der Waals surface area contributed by atoms with E-state index in [4.69, 9.17) is 0 Å². The van der Waals surface area contributed by atoms with Crippen LogP contribution < -0.4 is 10.6 Å². The van der Waals surface area contributed by atoms with Gasteiger partial charge in [0.1, 0.15) is 0 Å². The number of rotatable bonds is 6. The van der Waals surface area contributed by atoms with E-state index < -0.39 is 0 Å². The number of carbonyl (C=O) groups excluding carboxylic acids is 1. The molecule has 4 heteroatoms. The Hall–Kier alpha value is -1.81. The third-order valence-corrected chi connectivity index (χ3v) is 3.57. The summed E-state index contributed by atoms with van der Waals surface area (Å²) in [6.07, 6.45) is 0.430. The summed E-state index contributed by atoms with van der Waals surface area (Å²) in [6.45, 7) is 3.37. The lowest BCUT2D eigenvalue weighted by molar-refractivity contribution is -0.120. The predicted octanol–water partition coefficient (Wildman–Crippen LogP) is 3.74. The summed E-state index contributed by atoms with van der Waals surface area (Å²) in [7, 11) is 0. The topological polar surface area (TPSA) is 41.1 Å². The molecule has 1 amide bonds. The van der Waals surface area contributed by atoms with Crippen LogP contribution in [0.1, 0.15) is 18.1 Å². The lowest BCUT2D eigenvalue weighted by Gasteiger charge is -2.08. The van der Waals surface area contributed by atoms with Gasteiger partial charge in [-0.05, 0) is 42.3 Å². The van der Waals surface area contributed by atoms with Crippen LogP contribution >= 0.6 is 15.9 Å². The Kier molecular flexibility index (Phi) is 5.81. The van der Waals surface area contributed by atoms with E-state index in [1.807, 2.05) is 43.3 Å². The number of hydrogen-bond donors (Lipinski definition) is 2. The molecule has 21 heavy (non-hydrogen) atoms. The van der Waals surface area contributed by atoms with Crippen LogP contribution in [0.3, 0.4) is 0 Å². The van der Waals surface area contributed by atoms with Gasteiger partial charge in [0.15, 0.2) is 0 Å². The van der Waals surface area contributed by atoms with Gasteiger partial charge in [0.2, 0.25) is 5.91 Å². The van der Waals surface area contributed by atoms with Crippen molar-refractivity contribution >= 4 is 27.5 Å². The van der Waals surface area contributed by atoms with E-state index in [1.54, 1.807) is 0 Å². The minimum absolute atomic E-state index is 0.0624. The standard InChI is InChI=1S/C17H19BrN2O/c1-2-19-17(21)11-13-6-8-16(9-7-13)20-12-14-4-3-5-15(18)10-14/h3-10,20H,2,11-12H2,1H3,(H,19,21). The maximum absolute atomic E-state index is 11.5. The molecular formula is C17H19BrN2O. The van der Waals surface area contributed by atoms with Crippen molar-refractivity contribution in [3.8, 4) is 0 Å². The van der Waals surface area contributed by atoms with E-state index in [-0.39, 0.29) is 5.91 Å².